The molecule has 0 aliphatic rings. The van der Waals surface area contributed by atoms with Gasteiger partial charge in [-0.15, -0.1) is 0 Å². The number of ether oxygens (including phenoxy) is 2. The summed E-state index contributed by atoms with van der Waals surface area (Å²) in [4.78, 5) is 12.2. The molecule has 0 aromatic heterocycles. The summed E-state index contributed by atoms with van der Waals surface area (Å²) in [7, 11) is -3.37. The second-order valence-electron chi connectivity index (χ2n) is 7.89. The van der Waals surface area contributed by atoms with Crippen LogP contribution >= 0.6 is 0 Å². The zero-order valence-corrected chi connectivity index (χ0v) is 20.6. The van der Waals surface area contributed by atoms with Crippen LogP contribution in [0.5, 0.6) is 11.5 Å². The van der Waals surface area contributed by atoms with Crippen LogP contribution in [0.25, 0.3) is 6.08 Å². The summed E-state index contributed by atoms with van der Waals surface area (Å²) in [5.74, 6) is 1.04. The number of benzene rings is 2. The van der Waals surface area contributed by atoms with Gasteiger partial charge in [0.2, 0.25) is 15.9 Å². The van der Waals surface area contributed by atoms with E-state index in [4.69, 9.17) is 9.47 Å². The summed E-state index contributed by atoms with van der Waals surface area (Å²) >= 11 is 0. The second-order valence-corrected chi connectivity index (χ2v) is 9.64. The van der Waals surface area contributed by atoms with Crippen molar-refractivity contribution in [2.75, 3.05) is 13.2 Å². The molecule has 8 heteroatoms. The Hall–Kier alpha value is -2.84. The zero-order chi connectivity index (χ0) is 24.3. The van der Waals surface area contributed by atoms with Crippen molar-refractivity contribution in [3.63, 3.8) is 0 Å². The van der Waals surface area contributed by atoms with E-state index in [1.54, 1.807) is 32.1 Å². The van der Waals surface area contributed by atoms with E-state index >= 15 is 0 Å². The highest BCUT2D eigenvalue weighted by molar-refractivity contribution is 7.88. The highest BCUT2D eigenvalue weighted by atomic mass is 32.2. The molecule has 0 saturated heterocycles. The molecule has 0 atom stereocenters. The Labute approximate surface area is 197 Å². The first kappa shape index (κ1) is 26.4. The van der Waals surface area contributed by atoms with E-state index in [0.29, 0.717) is 36.8 Å². The number of hydrogen-bond donors (Lipinski definition) is 2. The number of sulfonamides is 1. The minimum Gasteiger partial charge on any atom is -0.490 e. The minimum absolute atomic E-state index is 0.0768. The molecule has 0 unspecified atom stereocenters. The summed E-state index contributed by atoms with van der Waals surface area (Å²) in [6, 6.07) is 12.6. The molecule has 2 aromatic rings. The lowest BCUT2D eigenvalue weighted by Gasteiger charge is -2.12. The van der Waals surface area contributed by atoms with Crippen molar-refractivity contribution in [1.82, 2.24) is 10.0 Å². The van der Waals surface area contributed by atoms with Gasteiger partial charge in [-0.25, -0.2) is 13.1 Å². The molecule has 0 fully saturated rings. The molecule has 0 bridgehead atoms. The van der Waals surface area contributed by atoms with Crippen LogP contribution in [0.4, 0.5) is 0 Å². The average molecular weight is 475 g/mol. The molecule has 2 rings (SSSR count). The predicted molar refractivity (Wildman–Crippen MR) is 132 cm³/mol. The number of carbonyl (C=O) groups excluding carboxylic acids is 1. The molecular formula is C25H34N2O5S. The van der Waals surface area contributed by atoms with Crippen molar-refractivity contribution in [2.45, 2.75) is 52.5 Å². The van der Waals surface area contributed by atoms with E-state index in [9.17, 15) is 13.2 Å². The maximum atomic E-state index is 12.2. The van der Waals surface area contributed by atoms with Crippen LogP contribution in [0, 0.1) is 0 Å². The summed E-state index contributed by atoms with van der Waals surface area (Å²) in [5.41, 5.74) is 2.40. The fourth-order valence-corrected chi connectivity index (χ4v) is 4.45. The van der Waals surface area contributed by atoms with Crippen LogP contribution in [0.15, 0.2) is 48.5 Å². The average Bonchev–Trinajstić information content (AvgIpc) is 2.75. The van der Waals surface area contributed by atoms with Crippen LogP contribution < -0.4 is 19.5 Å². The molecule has 2 N–H and O–H groups in total. The molecule has 0 aliphatic carbocycles. The van der Waals surface area contributed by atoms with E-state index in [-0.39, 0.29) is 17.7 Å². The Balaban J connectivity index is 1.91. The molecule has 0 spiro atoms. The van der Waals surface area contributed by atoms with Gasteiger partial charge >= 0.3 is 0 Å². The van der Waals surface area contributed by atoms with E-state index in [0.717, 1.165) is 17.5 Å². The van der Waals surface area contributed by atoms with E-state index in [2.05, 4.69) is 10.0 Å². The highest BCUT2D eigenvalue weighted by Crippen LogP contribution is 2.29. The number of rotatable bonds is 13. The van der Waals surface area contributed by atoms with Gasteiger partial charge in [0, 0.05) is 18.7 Å². The topological polar surface area (TPSA) is 93.7 Å². The van der Waals surface area contributed by atoms with Crippen molar-refractivity contribution in [3.05, 3.63) is 65.2 Å². The molecule has 0 radical (unpaired) electrons. The third-order valence-electron chi connectivity index (χ3n) is 4.42. The Morgan fingerprint density at radius 2 is 1.70 bits per heavy atom. The van der Waals surface area contributed by atoms with Crippen LogP contribution in [0.2, 0.25) is 0 Å². The van der Waals surface area contributed by atoms with Gasteiger partial charge in [-0.3, -0.25) is 4.79 Å². The van der Waals surface area contributed by atoms with Gasteiger partial charge in [0.15, 0.2) is 11.5 Å². The van der Waals surface area contributed by atoms with Crippen LogP contribution in [0.1, 0.15) is 50.8 Å². The Morgan fingerprint density at radius 3 is 2.33 bits per heavy atom. The lowest BCUT2D eigenvalue weighted by molar-refractivity contribution is -0.116. The second kappa shape index (κ2) is 13.0. The fraction of sp³-hybridized carbons (Fsp3) is 0.400. The van der Waals surface area contributed by atoms with Crippen molar-refractivity contribution in [2.24, 2.45) is 0 Å². The highest BCUT2D eigenvalue weighted by Gasteiger charge is 2.12. The van der Waals surface area contributed by atoms with Gasteiger partial charge < -0.3 is 14.8 Å². The zero-order valence-electron chi connectivity index (χ0n) is 19.8. The molecule has 0 aliphatic heterocycles. The predicted octanol–water partition coefficient (Wildman–Crippen LogP) is 4.03. The maximum absolute atomic E-state index is 12.2. The molecule has 2 aromatic carbocycles. The van der Waals surface area contributed by atoms with E-state index < -0.39 is 10.0 Å². The molecule has 0 heterocycles. The smallest absolute Gasteiger partial charge is 0.244 e. The quantitative estimate of drug-likeness (QED) is 0.428. The van der Waals surface area contributed by atoms with Crippen LogP contribution in [-0.4, -0.2) is 33.6 Å². The van der Waals surface area contributed by atoms with Crippen molar-refractivity contribution < 1.29 is 22.7 Å². The summed E-state index contributed by atoms with van der Waals surface area (Å²) in [6.07, 6.45) is 4.10. The molecule has 0 saturated carbocycles. The number of carbonyl (C=O) groups is 1. The molecular weight excluding hydrogens is 440 g/mol. The maximum Gasteiger partial charge on any atom is 0.244 e. The van der Waals surface area contributed by atoms with Crippen molar-refractivity contribution in [3.8, 4) is 11.5 Å². The van der Waals surface area contributed by atoms with E-state index in [1.807, 2.05) is 44.2 Å². The fourth-order valence-electron chi connectivity index (χ4n) is 3.02. The van der Waals surface area contributed by atoms with Gasteiger partial charge in [-0.1, -0.05) is 37.3 Å². The molecule has 33 heavy (non-hydrogen) atoms. The Bertz CT molecular complexity index is 1030. The van der Waals surface area contributed by atoms with Gasteiger partial charge in [0.05, 0.1) is 19.0 Å². The van der Waals surface area contributed by atoms with Crippen molar-refractivity contribution in [1.29, 1.82) is 0 Å². The Kier molecular flexibility index (Phi) is 10.4. The van der Waals surface area contributed by atoms with Gasteiger partial charge in [-0.2, -0.15) is 0 Å². The minimum atomic E-state index is -3.37. The van der Waals surface area contributed by atoms with Crippen LogP contribution in [-0.2, 0) is 27.1 Å². The number of nitrogens with one attached hydrogen (secondary N) is 2. The van der Waals surface area contributed by atoms with Gasteiger partial charge in [-0.05, 0) is 62.1 Å². The van der Waals surface area contributed by atoms with Gasteiger partial charge in [0.25, 0.3) is 0 Å². The summed E-state index contributed by atoms with van der Waals surface area (Å²) in [5, 5.41) is 2.83. The summed E-state index contributed by atoms with van der Waals surface area (Å²) < 4.78 is 38.0. The molecule has 180 valence electrons. The number of hydrogen-bond acceptors (Lipinski definition) is 5. The Morgan fingerprint density at radius 1 is 1.00 bits per heavy atom. The molecule has 1 amide bonds. The third kappa shape index (κ3) is 9.67. The number of amides is 1. The first-order chi connectivity index (χ1) is 15.7. The summed E-state index contributed by atoms with van der Waals surface area (Å²) in [6.45, 7) is 9.00. The first-order valence-electron chi connectivity index (χ1n) is 11.2. The first-order valence-corrected chi connectivity index (χ1v) is 12.8. The SMILES string of the molecule is CCCOc1ccc(/C=C/C(=O)NCc2ccc(CS(=O)(=O)NC(C)C)cc2)cc1OCC. The third-order valence-corrected chi connectivity index (χ3v) is 5.96. The van der Waals surface area contributed by atoms with Gasteiger partial charge in [0.1, 0.15) is 0 Å². The molecule has 7 nitrogen and oxygen atoms in total. The largest absolute Gasteiger partial charge is 0.490 e. The van der Waals surface area contributed by atoms with Crippen molar-refractivity contribution >= 4 is 22.0 Å². The monoisotopic (exact) mass is 474 g/mol. The normalized spacial score (nSPS) is 11.7. The van der Waals surface area contributed by atoms with E-state index in [1.165, 1.54) is 6.08 Å². The lowest BCUT2D eigenvalue weighted by atomic mass is 10.1. The van der Waals surface area contributed by atoms with Crippen LogP contribution in [0.3, 0.4) is 0 Å². The lowest BCUT2D eigenvalue weighted by Crippen LogP contribution is -2.31. The standard InChI is InChI=1S/C25H34N2O5S/c1-5-15-32-23-13-11-20(16-24(23)31-6-2)12-14-25(28)26-17-21-7-9-22(10-8-21)18-33(29,30)27-19(3)4/h7-14,16,19,27H,5-6,15,17-18H2,1-4H3,(H,26,28)/b14-12+.